The van der Waals surface area contributed by atoms with Crippen molar-refractivity contribution in [2.24, 2.45) is 0 Å². The van der Waals surface area contributed by atoms with Crippen LogP contribution in [0.3, 0.4) is 0 Å². The maximum Gasteiger partial charge on any atom is 0.0216 e. The smallest absolute Gasteiger partial charge is 0.0216 e. The fraction of sp³-hybridized carbons (Fsp3) is 0.556. The summed E-state index contributed by atoms with van der Waals surface area (Å²) in [6.07, 6.45) is 1.23. The highest BCUT2D eigenvalue weighted by Crippen LogP contribution is 2.19. The van der Waals surface area contributed by atoms with Crippen molar-refractivity contribution in [1.82, 2.24) is 5.32 Å². The van der Waals surface area contributed by atoms with E-state index in [1.165, 1.54) is 12.0 Å². The lowest BCUT2D eigenvalue weighted by Crippen LogP contribution is -2.21. The van der Waals surface area contributed by atoms with E-state index in [9.17, 15) is 0 Å². The van der Waals surface area contributed by atoms with Gasteiger partial charge in [-0.1, -0.05) is 13.8 Å². The fourth-order valence-corrected chi connectivity index (χ4v) is 2.08. The van der Waals surface area contributed by atoms with Crippen LogP contribution in [0, 0.1) is 0 Å². The number of nitrogens with one attached hydrogen (secondary N) is 1. The Balaban J connectivity index is 0.000000281. The van der Waals surface area contributed by atoms with Crippen molar-refractivity contribution in [2.45, 2.75) is 26.8 Å². The molecule has 1 aromatic rings. The van der Waals surface area contributed by atoms with Gasteiger partial charge in [0.05, 0.1) is 0 Å². The molecular formula is C9H15NS. The Bertz CT molecular complexity index is 185. The molecule has 0 unspecified atom stereocenters. The van der Waals surface area contributed by atoms with E-state index in [1.54, 1.807) is 4.88 Å². The first-order chi connectivity index (χ1) is 5.47. The first kappa shape index (κ1) is 8.75. The molecule has 1 aliphatic rings. The molecule has 1 nitrogen and oxygen atoms in total. The van der Waals surface area contributed by atoms with Gasteiger partial charge in [-0.25, -0.2) is 0 Å². The lowest BCUT2D eigenvalue weighted by Gasteiger charge is -2.10. The molecule has 0 aromatic carbocycles. The van der Waals surface area contributed by atoms with Crippen molar-refractivity contribution in [3.63, 3.8) is 0 Å². The first-order valence-corrected chi connectivity index (χ1v) is 5.11. The van der Waals surface area contributed by atoms with Gasteiger partial charge in [-0.05, 0) is 23.4 Å². The molecule has 0 aliphatic carbocycles. The first-order valence-electron chi connectivity index (χ1n) is 4.23. The second-order valence-electron chi connectivity index (χ2n) is 2.30. The second-order valence-corrected chi connectivity index (χ2v) is 3.30. The average Bonchev–Trinajstić information content (AvgIpc) is 2.55. The Morgan fingerprint density at radius 3 is 3.00 bits per heavy atom. The summed E-state index contributed by atoms with van der Waals surface area (Å²) in [7, 11) is 0. The van der Waals surface area contributed by atoms with Gasteiger partial charge in [-0.15, -0.1) is 11.3 Å². The van der Waals surface area contributed by atoms with Crippen molar-refractivity contribution in [3.8, 4) is 0 Å². The predicted molar refractivity (Wildman–Crippen MR) is 51.1 cm³/mol. The van der Waals surface area contributed by atoms with E-state index in [0.29, 0.717) is 0 Å². The molecule has 2 heteroatoms. The number of rotatable bonds is 0. The normalized spacial score (nSPS) is 14.7. The van der Waals surface area contributed by atoms with E-state index < -0.39 is 0 Å². The van der Waals surface area contributed by atoms with Crippen molar-refractivity contribution in [2.75, 3.05) is 6.54 Å². The van der Waals surface area contributed by atoms with Gasteiger partial charge in [0.2, 0.25) is 0 Å². The minimum absolute atomic E-state index is 1.08. The van der Waals surface area contributed by atoms with Gasteiger partial charge < -0.3 is 5.32 Å². The zero-order valence-electron chi connectivity index (χ0n) is 7.18. The third-order valence-corrected chi connectivity index (χ3v) is 2.70. The van der Waals surface area contributed by atoms with E-state index in [0.717, 1.165) is 13.1 Å². The minimum Gasteiger partial charge on any atom is -0.312 e. The number of thiophene rings is 1. The Labute approximate surface area is 72.4 Å². The Morgan fingerprint density at radius 1 is 1.45 bits per heavy atom. The summed E-state index contributed by atoms with van der Waals surface area (Å²) < 4.78 is 0. The lowest BCUT2D eigenvalue weighted by molar-refractivity contribution is 0.653. The van der Waals surface area contributed by atoms with E-state index in [2.05, 4.69) is 16.8 Å². The standard InChI is InChI=1S/C7H9NS.C2H6/c1-3-8-5-6-2-4-9-7(1)6;1-2/h2,4,8H,1,3,5H2;1-2H3. The van der Waals surface area contributed by atoms with Crippen LogP contribution in [0.2, 0.25) is 0 Å². The molecule has 0 spiro atoms. The second kappa shape index (κ2) is 4.52. The van der Waals surface area contributed by atoms with Crippen molar-refractivity contribution >= 4 is 11.3 Å². The summed E-state index contributed by atoms with van der Waals surface area (Å²) in [4.78, 5) is 1.58. The SMILES string of the molecule is CC.c1cc2c(s1)CCNC2. The molecule has 62 valence electrons. The van der Waals surface area contributed by atoms with E-state index in [-0.39, 0.29) is 0 Å². The summed E-state index contributed by atoms with van der Waals surface area (Å²) in [5.74, 6) is 0. The quantitative estimate of drug-likeness (QED) is 0.629. The molecule has 2 rings (SSSR count). The fourth-order valence-electron chi connectivity index (χ4n) is 1.17. The van der Waals surface area contributed by atoms with Crippen molar-refractivity contribution in [3.05, 3.63) is 21.9 Å². The summed E-state index contributed by atoms with van der Waals surface area (Å²) in [5, 5.41) is 5.51. The van der Waals surface area contributed by atoms with Crippen molar-refractivity contribution in [1.29, 1.82) is 0 Å². The highest BCUT2D eigenvalue weighted by Gasteiger charge is 2.07. The van der Waals surface area contributed by atoms with Crippen LogP contribution >= 0.6 is 11.3 Å². The highest BCUT2D eigenvalue weighted by atomic mass is 32.1. The molecule has 2 heterocycles. The van der Waals surface area contributed by atoms with E-state index in [4.69, 9.17) is 0 Å². The van der Waals surface area contributed by atoms with Crippen molar-refractivity contribution < 1.29 is 0 Å². The molecule has 0 bridgehead atoms. The van der Waals surface area contributed by atoms with Crippen LogP contribution in [0.25, 0.3) is 0 Å². The monoisotopic (exact) mass is 169 g/mol. The maximum absolute atomic E-state index is 3.33. The average molecular weight is 169 g/mol. The number of fused-ring (bicyclic) bond motifs is 1. The molecule has 0 radical (unpaired) electrons. The third kappa shape index (κ3) is 2.04. The summed E-state index contributed by atoms with van der Waals surface area (Å²) in [6.45, 7) is 6.24. The van der Waals surface area contributed by atoms with Crippen LogP contribution in [0.4, 0.5) is 0 Å². The molecule has 11 heavy (non-hydrogen) atoms. The lowest BCUT2D eigenvalue weighted by atomic mass is 10.1. The van der Waals surface area contributed by atoms with Gasteiger partial charge in [0.25, 0.3) is 0 Å². The molecule has 1 aromatic heterocycles. The topological polar surface area (TPSA) is 12.0 Å². The van der Waals surface area contributed by atoms with Gasteiger partial charge in [0.1, 0.15) is 0 Å². The highest BCUT2D eigenvalue weighted by molar-refractivity contribution is 7.10. The molecule has 0 fully saturated rings. The van der Waals surface area contributed by atoms with Crippen LogP contribution in [-0.2, 0) is 13.0 Å². The van der Waals surface area contributed by atoms with Gasteiger partial charge in [-0.2, -0.15) is 0 Å². The molecular weight excluding hydrogens is 154 g/mol. The largest absolute Gasteiger partial charge is 0.312 e. The van der Waals surface area contributed by atoms with Gasteiger partial charge in [-0.3, -0.25) is 0 Å². The molecule has 0 saturated carbocycles. The minimum atomic E-state index is 1.08. The Kier molecular flexibility index (Phi) is 3.60. The predicted octanol–water partition coefficient (Wildman–Crippen LogP) is 2.42. The van der Waals surface area contributed by atoms with Crippen LogP contribution in [0.1, 0.15) is 24.3 Å². The summed E-state index contributed by atoms with van der Waals surface area (Å²) >= 11 is 1.89. The van der Waals surface area contributed by atoms with Crippen LogP contribution in [-0.4, -0.2) is 6.54 Å². The molecule has 0 atom stereocenters. The number of hydrogen-bond donors (Lipinski definition) is 1. The summed E-state index contributed by atoms with van der Waals surface area (Å²) in [6, 6.07) is 2.21. The third-order valence-electron chi connectivity index (χ3n) is 1.68. The maximum atomic E-state index is 3.33. The van der Waals surface area contributed by atoms with E-state index >= 15 is 0 Å². The molecule has 0 amide bonds. The number of hydrogen-bond acceptors (Lipinski definition) is 2. The van der Waals surface area contributed by atoms with Crippen LogP contribution in [0.15, 0.2) is 11.4 Å². The Hall–Kier alpha value is -0.340. The Morgan fingerprint density at radius 2 is 2.27 bits per heavy atom. The van der Waals surface area contributed by atoms with Gasteiger partial charge >= 0.3 is 0 Å². The van der Waals surface area contributed by atoms with Gasteiger partial charge in [0.15, 0.2) is 0 Å². The van der Waals surface area contributed by atoms with Crippen LogP contribution in [0.5, 0.6) is 0 Å². The van der Waals surface area contributed by atoms with Crippen LogP contribution < -0.4 is 5.32 Å². The van der Waals surface area contributed by atoms with Gasteiger partial charge in [0, 0.05) is 18.0 Å². The van der Waals surface area contributed by atoms with E-state index in [1.807, 2.05) is 25.2 Å². The molecule has 1 N–H and O–H groups in total. The molecule has 1 aliphatic heterocycles. The molecule has 0 saturated heterocycles. The zero-order valence-corrected chi connectivity index (χ0v) is 8.00. The summed E-state index contributed by atoms with van der Waals surface area (Å²) in [5.41, 5.74) is 1.51. The zero-order chi connectivity index (χ0) is 8.10.